The minimum Gasteiger partial charge on any atom is -0.478 e. The Kier molecular flexibility index (Phi) is 16.7. The normalized spacial score (nSPS) is 17.3. The second-order valence-electron chi connectivity index (χ2n) is 18.9. The third-order valence-corrected chi connectivity index (χ3v) is 18.3. The van der Waals surface area contributed by atoms with Crippen molar-refractivity contribution in [2.24, 2.45) is 0 Å². The summed E-state index contributed by atoms with van der Waals surface area (Å²) in [6.07, 6.45) is 8.86. The number of sulfone groups is 1. The SMILES string of the molecule is CCn1c(C)c(C(=O)O)c(-c2cc(F)cc(N3CCN(c4ccc(NS(=O)(=O)c5ccc(N[C@H](CCN6CCN(C(C)C)CC6)CCS6=CC=CC=C6)c(S(C)(=O)=O)c5)cc4)CC3)c2)c1-c1ccc(Cl)cc1. The summed E-state index contributed by atoms with van der Waals surface area (Å²) >= 11 is 6.22. The van der Waals surface area contributed by atoms with Crippen molar-refractivity contribution in [3.8, 4) is 22.4 Å². The van der Waals surface area contributed by atoms with Gasteiger partial charge < -0.3 is 29.7 Å². The minimum absolute atomic E-state index is 0.0180. The zero-order valence-corrected chi connectivity index (χ0v) is 44.7. The van der Waals surface area contributed by atoms with Crippen LogP contribution in [-0.2, 0) is 26.4 Å². The van der Waals surface area contributed by atoms with Crippen LogP contribution in [0.15, 0.2) is 118 Å². The van der Waals surface area contributed by atoms with E-state index in [4.69, 9.17) is 11.6 Å². The van der Waals surface area contributed by atoms with E-state index in [0.29, 0.717) is 83.4 Å². The number of piperazine rings is 2. The zero-order chi connectivity index (χ0) is 51.3. The second kappa shape index (κ2) is 22.8. The fourth-order valence-electron chi connectivity index (χ4n) is 9.92. The molecule has 3 N–H and O–H groups in total. The highest BCUT2D eigenvalue weighted by molar-refractivity contribution is 8.17. The molecular formula is C54H65ClFN7O6S3. The van der Waals surface area contributed by atoms with Crippen LogP contribution in [0.3, 0.4) is 0 Å². The van der Waals surface area contributed by atoms with E-state index in [1.54, 1.807) is 37.3 Å². The molecule has 18 heteroatoms. The number of benzene rings is 4. The van der Waals surface area contributed by atoms with Gasteiger partial charge in [0.2, 0.25) is 0 Å². The first-order valence-corrected chi connectivity index (χ1v) is 29.8. The Hall–Kier alpha value is -5.43. The number of nitrogens with one attached hydrogen (secondary N) is 2. The van der Waals surface area contributed by atoms with Crippen molar-refractivity contribution in [3.05, 3.63) is 131 Å². The van der Waals surface area contributed by atoms with E-state index >= 15 is 4.39 Å². The van der Waals surface area contributed by atoms with Crippen LogP contribution in [0.2, 0.25) is 5.02 Å². The fourth-order valence-corrected chi connectivity index (χ4v) is 13.6. The van der Waals surface area contributed by atoms with Crippen molar-refractivity contribution < 1.29 is 31.1 Å². The lowest BCUT2D eigenvalue weighted by Crippen LogP contribution is -2.49. The molecule has 2 saturated heterocycles. The van der Waals surface area contributed by atoms with Gasteiger partial charge in [0.15, 0.2) is 9.84 Å². The van der Waals surface area contributed by atoms with Gasteiger partial charge in [-0.2, -0.15) is 10.5 Å². The maximum Gasteiger partial charge on any atom is 0.338 e. The van der Waals surface area contributed by atoms with Crippen molar-refractivity contribution in [2.45, 2.75) is 69.0 Å². The number of rotatable bonds is 19. The molecule has 0 aliphatic carbocycles. The van der Waals surface area contributed by atoms with Gasteiger partial charge >= 0.3 is 5.97 Å². The van der Waals surface area contributed by atoms with E-state index in [0.717, 1.165) is 68.8 Å². The number of carboxylic acid groups (broad SMARTS) is 1. The third-order valence-electron chi connectivity index (χ3n) is 13.9. The van der Waals surface area contributed by atoms with Crippen LogP contribution in [0, 0.1) is 12.7 Å². The average molecular weight is 1060 g/mol. The highest BCUT2D eigenvalue weighted by Gasteiger charge is 2.29. The Morgan fingerprint density at radius 1 is 0.806 bits per heavy atom. The molecule has 0 radical (unpaired) electrons. The van der Waals surface area contributed by atoms with Crippen LogP contribution in [0.25, 0.3) is 22.4 Å². The minimum atomic E-state index is -4.20. The summed E-state index contributed by atoms with van der Waals surface area (Å²) < 4.78 is 74.6. The van der Waals surface area contributed by atoms with Gasteiger partial charge in [-0.3, -0.25) is 9.62 Å². The summed E-state index contributed by atoms with van der Waals surface area (Å²) in [5.74, 6) is -0.664. The van der Waals surface area contributed by atoms with E-state index in [-0.39, 0.29) is 31.9 Å². The smallest absolute Gasteiger partial charge is 0.338 e. The Morgan fingerprint density at radius 2 is 1.49 bits per heavy atom. The van der Waals surface area contributed by atoms with E-state index in [1.807, 2.05) is 47.9 Å². The number of halogens is 2. The lowest BCUT2D eigenvalue weighted by molar-refractivity contribution is 0.0696. The molecule has 3 aliphatic rings. The summed E-state index contributed by atoms with van der Waals surface area (Å²) in [5.41, 5.74) is 5.25. The highest BCUT2D eigenvalue weighted by Crippen LogP contribution is 2.42. The number of hydrogen-bond acceptors (Lipinski definition) is 10. The molecule has 3 aliphatic heterocycles. The Labute approximate surface area is 431 Å². The molecule has 2 fully saturated rings. The van der Waals surface area contributed by atoms with Gasteiger partial charge in [-0.25, -0.2) is 26.0 Å². The molecular weight excluding hydrogens is 993 g/mol. The Morgan fingerprint density at radius 3 is 2.10 bits per heavy atom. The van der Waals surface area contributed by atoms with Gasteiger partial charge in [-0.15, -0.1) is 0 Å². The molecule has 2 atom stereocenters. The molecule has 0 saturated carbocycles. The average Bonchev–Trinajstić information content (AvgIpc) is 3.67. The molecule has 72 heavy (non-hydrogen) atoms. The predicted molar refractivity (Wildman–Crippen MR) is 295 cm³/mol. The number of sulfonamides is 1. The van der Waals surface area contributed by atoms with E-state index in [2.05, 4.69) is 66.4 Å². The fraction of sp³-hybridized carbons (Fsp3) is 0.370. The number of carboxylic acids is 1. The Bertz CT molecular complexity index is 3090. The molecule has 1 unspecified atom stereocenters. The standard InChI is InChI=1S/C54H65ClFN7O6S3/c1-6-63-39(4)51(54(64)65)52(53(63)40-10-12-42(55)13-11-40)41-34-43(56)36-47(35-41)62-29-27-61(28-30-62)46-16-14-45(15-17-46)58-72(68,69)48-18-19-49(50(37-48)71(5,66)67)57-44(21-33-70-31-8-7-9-32-70)20-22-59-23-25-60(26-24-59)38(2)3/h7-19,31-32,34-38,44,57-58H,6,20-30,33H2,1-5H3,(H,64,65)/t44-/m1/s1. The highest BCUT2D eigenvalue weighted by atomic mass is 35.5. The molecule has 0 spiro atoms. The summed E-state index contributed by atoms with van der Waals surface area (Å²) in [7, 11) is -8.06. The van der Waals surface area contributed by atoms with Crippen LogP contribution in [0.4, 0.5) is 27.1 Å². The summed E-state index contributed by atoms with van der Waals surface area (Å²) in [5, 5.41) is 18.9. The van der Waals surface area contributed by atoms with E-state index < -0.39 is 31.6 Å². The monoisotopic (exact) mass is 1060 g/mol. The molecule has 4 heterocycles. The van der Waals surface area contributed by atoms with Crippen molar-refractivity contribution in [1.82, 2.24) is 14.4 Å². The topological polar surface area (TPSA) is 148 Å². The molecule has 4 aromatic carbocycles. The van der Waals surface area contributed by atoms with Crippen LogP contribution < -0.4 is 19.8 Å². The van der Waals surface area contributed by atoms with Crippen LogP contribution in [0.5, 0.6) is 0 Å². The van der Waals surface area contributed by atoms with Gasteiger partial charge in [0.05, 0.1) is 26.7 Å². The summed E-state index contributed by atoms with van der Waals surface area (Å²) in [6, 6.07) is 23.6. The number of anilines is 4. The quantitative estimate of drug-likeness (QED) is 0.0680. The number of hydrogen-bond donors (Lipinski definition) is 3. The number of aromatic carboxylic acids is 1. The first kappa shape index (κ1) is 52.9. The second-order valence-corrected chi connectivity index (χ2v) is 24.9. The van der Waals surface area contributed by atoms with Crippen LogP contribution in [-0.4, -0.2) is 131 Å². The lowest BCUT2D eigenvalue weighted by Gasteiger charge is -2.37. The maximum absolute atomic E-state index is 15.6. The van der Waals surface area contributed by atoms with Crippen molar-refractivity contribution in [2.75, 3.05) is 90.8 Å². The van der Waals surface area contributed by atoms with Crippen molar-refractivity contribution in [1.29, 1.82) is 0 Å². The van der Waals surface area contributed by atoms with Gasteiger partial charge in [0, 0.05) is 117 Å². The Balaban J connectivity index is 0.939. The van der Waals surface area contributed by atoms with Crippen LogP contribution in [0.1, 0.15) is 49.7 Å². The first-order chi connectivity index (χ1) is 34.4. The van der Waals surface area contributed by atoms with E-state index in [9.17, 15) is 26.7 Å². The predicted octanol–water partition coefficient (Wildman–Crippen LogP) is 9.91. The van der Waals surface area contributed by atoms with Crippen molar-refractivity contribution in [3.63, 3.8) is 0 Å². The number of nitrogens with zero attached hydrogens (tertiary/aromatic N) is 5. The zero-order valence-electron chi connectivity index (χ0n) is 41.5. The first-order valence-electron chi connectivity index (χ1n) is 24.5. The van der Waals surface area contributed by atoms with Gasteiger partial charge in [0.25, 0.3) is 10.0 Å². The van der Waals surface area contributed by atoms with Gasteiger partial charge in [-0.05, 0) is 141 Å². The van der Waals surface area contributed by atoms with Gasteiger partial charge in [0.1, 0.15) is 5.82 Å². The lowest BCUT2D eigenvalue weighted by atomic mass is 9.96. The molecule has 5 aromatic rings. The molecule has 384 valence electrons. The molecule has 13 nitrogen and oxygen atoms in total. The van der Waals surface area contributed by atoms with E-state index in [1.165, 1.54) is 24.3 Å². The summed E-state index contributed by atoms with van der Waals surface area (Å²) in [4.78, 5) is 21.7. The largest absolute Gasteiger partial charge is 0.478 e. The van der Waals surface area contributed by atoms with Gasteiger partial charge in [-0.1, -0.05) is 42.0 Å². The third kappa shape index (κ3) is 12.5. The molecule has 0 bridgehead atoms. The van der Waals surface area contributed by atoms with Crippen LogP contribution >= 0.6 is 22.1 Å². The maximum atomic E-state index is 15.6. The number of aromatic nitrogens is 1. The number of carbonyl (C=O) groups is 1. The summed E-state index contributed by atoms with van der Waals surface area (Å²) in [6.45, 7) is 15.8. The molecule has 1 aromatic heterocycles. The molecule has 8 rings (SSSR count). The van der Waals surface area contributed by atoms with Crippen molar-refractivity contribution >= 4 is 76.0 Å². The number of allylic oxidation sites excluding steroid dienone is 3. The molecule has 0 amide bonds.